The normalized spacial score (nSPS) is 42.3. The molecule has 4 unspecified atom stereocenters. The van der Waals surface area contributed by atoms with Crippen molar-refractivity contribution in [2.75, 3.05) is 6.54 Å². The van der Waals surface area contributed by atoms with Crippen molar-refractivity contribution in [3.63, 3.8) is 0 Å². The molecule has 0 aromatic rings. The van der Waals surface area contributed by atoms with Gasteiger partial charge in [0.2, 0.25) is 0 Å². The lowest BCUT2D eigenvalue weighted by Crippen LogP contribution is -2.54. The highest BCUT2D eigenvalue weighted by Crippen LogP contribution is 2.55. The summed E-state index contributed by atoms with van der Waals surface area (Å²) < 4.78 is 0. The van der Waals surface area contributed by atoms with Gasteiger partial charge in [-0.05, 0) is 56.3 Å². The maximum Gasteiger partial charge on any atom is 0.0718 e. The van der Waals surface area contributed by atoms with E-state index in [0.717, 1.165) is 37.5 Å². The first kappa shape index (κ1) is 16.3. The Hall–Kier alpha value is -0.0800. The molecule has 0 bridgehead atoms. The average Bonchev–Trinajstić information content (AvgIpc) is 2.83. The van der Waals surface area contributed by atoms with Crippen LogP contribution in [-0.2, 0) is 0 Å². The molecule has 4 atom stereocenters. The Bertz CT molecular complexity index is 317. The van der Waals surface area contributed by atoms with E-state index in [1.165, 1.54) is 32.1 Å². The van der Waals surface area contributed by atoms with Gasteiger partial charge in [-0.25, -0.2) is 0 Å². The number of nitrogens with two attached hydrogens (primary N) is 1. The third-order valence-corrected chi connectivity index (χ3v) is 6.30. The number of hydrogen-bond donors (Lipinski definition) is 2. The van der Waals surface area contributed by atoms with E-state index in [-0.39, 0.29) is 5.41 Å². The molecule has 0 amide bonds. The largest absolute Gasteiger partial charge is 0.389 e. The van der Waals surface area contributed by atoms with Crippen molar-refractivity contribution in [2.45, 2.75) is 84.2 Å². The minimum atomic E-state index is -0.483. The van der Waals surface area contributed by atoms with E-state index in [1.807, 2.05) is 0 Å². The highest BCUT2D eigenvalue weighted by atomic mass is 16.3. The van der Waals surface area contributed by atoms with Gasteiger partial charge < -0.3 is 10.8 Å². The highest BCUT2D eigenvalue weighted by Gasteiger charge is 2.54. The number of hydrogen-bond acceptors (Lipinski definition) is 2. The van der Waals surface area contributed by atoms with Gasteiger partial charge in [0, 0.05) is 12.0 Å². The van der Waals surface area contributed by atoms with Gasteiger partial charge in [-0.15, -0.1) is 0 Å². The van der Waals surface area contributed by atoms with Crippen LogP contribution in [0.3, 0.4) is 0 Å². The first-order valence-corrected chi connectivity index (χ1v) is 8.87. The minimum absolute atomic E-state index is 0.0172. The molecule has 0 radical (unpaired) electrons. The summed E-state index contributed by atoms with van der Waals surface area (Å²) in [5.74, 6) is 2.23. The van der Waals surface area contributed by atoms with E-state index in [2.05, 4.69) is 20.8 Å². The number of aliphatic hydroxyl groups is 1. The molecule has 0 saturated heterocycles. The second-order valence-corrected chi connectivity index (χ2v) is 8.13. The first-order chi connectivity index (χ1) is 9.44. The molecule has 2 aliphatic rings. The van der Waals surface area contributed by atoms with Crippen LogP contribution in [0.25, 0.3) is 0 Å². The SMILES string of the molecule is CCC1CCC(CN)(C2(O)CCCC(CC(C)C)C2)C1. The zero-order valence-corrected chi connectivity index (χ0v) is 13.8. The van der Waals surface area contributed by atoms with Crippen LogP contribution >= 0.6 is 0 Å². The summed E-state index contributed by atoms with van der Waals surface area (Å²) >= 11 is 0. The van der Waals surface area contributed by atoms with Gasteiger partial charge in [0.25, 0.3) is 0 Å². The van der Waals surface area contributed by atoms with Gasteiger partial charge in [-0.1, -0.05) is 40.0 Å². The molecule has 2 aliphatic carbocycles. The van der Waals surface area contributed by atoms with Crippen molar-refractivity contribution in [3.8, 4) is 0 Å². The van der Waals surface area contributed by atoms with Gasteiger partial charge in [0.15, 0.2) is 0 Å². The monoisotopic (exact) mass is 281 g/mol. The Morgan fingerprint density at radius 2 is 1.90 bits per heavy atom. The Labute approximate surface area is 125 Å². The van der Waals surface area contributed by atoms with Crippen LogP contribution in [0.5, 0.6) is 0 Å². The lowest BCUT2D eigenvalue weighted by atomic mass is 9.60. The van der Waals surface area contributed by atoms with E-state index in [9.17, 15) is 5.11 Å². The zero-order valence-electron chi connectivity index (χ0n) is 13.8. The maximum absolute atomic E-state index is 11.4. The van der Waals surface area contributed by atoms with E-state index >= 15 is 0 Å². The van der Waals surface area contributed by atoms with Gasteiger partial charge in [-0.2, -0.15) is 0 Å². The molecule has 2 fully saturated rings. The van der Waals surface area contributed by atoms with Crippen LogP contribution in [0, 0.1) is 23.2 Å². The molecule has 118 valence electrons. The van der Waals surface area contributed by atoms with Crippen molar-refractivity contribution in [3.05, 3.63) is 0 Å². The molecule has 2 heteroatoms. The quantitative estimate of drug-likeness (QED) is 0.796. The van der Waals surface area contributed by atoms with Crippen LogP contribution in [0.1, 0.15) is 78.6 Å². The van der Waals surface area contributed by atoms with Crippen molar-refractivity contribution < 1.29 is 5.11 Å². The highest BCUT2D eigenvalue weighted by molar-refractivity contribution is 5.06. The molecule has 0 aromatic carbocycles. The molecule has 2 saturated carbocycles. The van der Waals surface area contributed by atoms with Gasteiger partial charge in [0.1, 0.15) is 0 Å². The summed E-state index contributed by atoms with van der Waals surface area (Å²) in [7, 11) is 0. The summed E-state index contributed by atoms with van der Waals surface area (Å²) in [6.45, 7) is 7.56. The fourth-order valence-electron chi connectivity index (χ4n) is 5.10. The fraction of sp³-hybridized carbons (Fsp3) is 1.00. The fourth-order valence-corrected chi connectivity index (χ4v) is 5.10. The van der Waals surface area contributed by atoms with Crippen molar-refractivity contribution in [2.24, 2.45) is 28.9 Å². The third-order valence-electron chi connectivity index (χ3n) is 6.30. The second-order valence-electron chi connectivity index (χ2n) is 8.13. The Balaban J connectivity index is 2.11. The lowest BCUT2D eigenvalue weighted by molar-refractivity contribution is -0.119. The molecular formula is C18H35NO. The van der Waals surface area contributed by atoms with Crippen molar-refractivity contribution in [1.82, 2.24) is 0 Å². The maximum atomic E-state index is 11.4. The van der Waals surface area contributed by atoms with Crippen LogP contribution < -0.4 is 5.73 Å². The molecule has 0 spiro atoms. The Morgan fingerprint density at radius 1 is 1.15 bits per heavy atom. The Kier molecular flexibility index (Phi) is 5.18. The van der Waals surface area contributed by atoms with Crippen LogP contribution in [-0.4, -0.2) is 17.3 Å². The second kappa shape index (κ2) is 6.36. The van der Waals surface area contributed by atoms with Crippen molar-refractivity contribution >= 4 is 0 Å². The van der Waals surface area contributed by atoms with Crippen LogP contribution in [0.15, 0.2) is 0 Å². The standard InChI is InChI=1S/C18H35NO/c1-4-15-7-9-17(11-15,13-19)18(20)8-5-6-16(12-18)10-14(2)3/h14-16,20H,4-13,19H2,1-3H3. The predicted molar refractivity (Wildman–Crippen MR) is 85.5 cm³/mol. The van der Waals surface area contributed by atoms with Crippen LogP contribution in [0.4, 0.5) is 0 Å². The average molecular weight is 281 g/mol. The molecule has 3 N–H and O–H groups in total. The van der Waals surface area contributed by atoms with E-state index in [4.69, 9.17) is 5.73 Å². The molecule has 2 rings (SSSR count). The number of rotatable bonds is 5. The first-order valence-electron chi connectivity index (χ1n) is 8.87. The van der Waals surface area contributed by atoms with E-state index in [0.29, 0.717) is 12.5 Å². The Morgan fingerprint density at radius 3 is 2.45 bits per heavy atom. The predicted octanol–water partition coefficient (Wildman–Crippen LogP) is 4.11. The molecule has 0 aliphatic heterocycles. The van der Waals surface area contributed by atoms with Crippen molar-refractivity contribution in [1.29, 1.82) is 0 Å². The lowest BCUT2D eigenvalue weighted by Gasteiger charge is -2.49. The summed E-state index contributed by atoms with van der Waals surface area (Å²) in [5, 5.41) is 11.4. The molecule has 0 heterocycles. The third kappa shape index (κ3) is 3.06. The van der Waals surface area contributed by atoms with Gasteiger partial charge >= 0.3 is 0 Å². The molecule has 0 aromatic heterocycles. The van der Waals surface area contributed by atoms with Crippen LogP contribution in [0.2, 0.25) is 0 Å². The summed E-state index contributed by atoms with van der Waals surface area (Å²) in [4.78, 5) is 0. The van der Waals surface area contributed by atoms with E-state index in [1.54, 1.807) is 0 Å². The molecular weight excluding hydrogens is 246 g/mol. The summed E-state index contributed by atoms with van der Waals surface area (Å²) in [6.07, 6.45) is 10.6. The van der Waals surface area contributed by atoms with Gasteiger partial charge in [-0.3, -0.25) is 0 Å². The summed E-state index contributed by atoms with van der Waals surface area (Å²) in [5.41, 5.74) is 5.72. The smallest absolute Gasteiger partial charge is 0.0718 e. The van der Waals surface area contributed by atoms with E-state index < -0.39 is 5.60 Å². The minimum Gasteiger partial charge on any atom is -0.389 e. The van der Waals surface area contributed by atoms with Gasteiger partial charge in [0.05, 0.1) is 5.60 Å². The summed E-state index contributed by atoms with van der Waals surface area (Å²) in [6, 6.07) is 0. The molecule has 20 heavy (non-hydrogen) atoms. The topological polar surface area (TPSA) is 46.2 Å². The zero-order chi connectivity index (χ0) is 14.8. The molecule has 2 nitrogen and oxygen atoms in total.